The van der Waals surface area contributed by atoms with Crippen molar-refractivity contribution in [2.75, 3.05) is 0 Å². The molecule has 0 radical (unpaired) electrons. The predicted octanol–water partition coefficient (Wildman–Crippen LogP) is 9.63. The zero-order valence-corrected chi connectivity index (χ0v) is 21.2. The van der Waals surface area contributed by atoms with Crippen LogP contribution in [-0.4, -0.2) is 0 Å². The summed E-state index contributed by atoms with van der Waals surface area (Å²) in [4.78, 5) is 0. The lowest BCUT2D eigenvalue weighted by atomic mass is 9.67. The van der Waals surface area contributed by atoms with E-state index in [2.05, 4.69) is 155 Å². The monoisotopic (exact) mass is 522 g/mol. The van der Waals surface area contributed by atoms with E-state index in [9.17, 15) is 0 Å². The second-order valence-corrected chi connectivity index (χ2v) is 10.4. The van der Waals surface area contributed by atoms with Crippen molar-refractivity contribution >= 4 is 26.7 Å². The van der Waals surface area contributed by atoms with Crippen molar-refractivity contribution in [3.63, 3.8) is 0 Å². The van der Waals surface area contributed by atoms with Gasteiger partial charge in [-0.2, -0.15) is 0 Å². The molecule has 1 aliphatic carbocycles. The van der Waals surface area contributed by atoms with E-state index in [1.54, 1.807) is 0 Å². The van der Waals surface area contributed by atoms with Gasteiger partial charge in [0.25, 0.3) is 0 Å². The Balaban J connectivity index is 1.69. The SMILES string of the molecule is Brc1cccc(-c2cccc3c2-c2cc4ccccc4cc2C3(c2ccccc2)c2ccccc2)c1. The number of hydrogen-bond donors (Lipinski definition) is 0. The first kappa shape index (κ1) is 21.4. The minimum absolute atomic E-state index is 0.404. The van der Waals surface area contributed by atoms with Gasteiger partial charge in [-0.05, 0) is 79.5 Å². The van der Waals surface area contributed by atoms with E-state index in [1.807, 2.05) is 0 Å². The van der Waals surface area contributed by atoms with Crippen LogP contribution in [0.25, 0.3) is 33.0 Å². The number of rotatable bonds is 3. The van der Waals surface area contributed by atoms with E-state index in [-0.39, 0.29) is 0 Å². The van der Waals surface area contributed by atoms with Gasteiger partial charge in [0.1, 0.15) is 0 Å². The molecule has 0 aliphatic heterocycles. The zero-order chi connectivity index (χ0) is 24.1. The van der Waals surface area contributed by atoms with Gasteiger partial charge in [0.05, 0.1) is 5.41 Å². The molecule has 0 atom stereocenters. The van der Waals surface area contributed by atoms with Crippen LogP contribution in [0, 0.1) is 0 Å². The van der Waals surface area contributed by atoms with Crippen molar-refractivity contribution in [3.05, 3.63) is 166 Å². The molecule has 0 unspecified atom stereocenters. The molecule has 6 aromatic carbocycles. The van der Waals surface area contributed by atoms with Crippen LogP contribution in [0.3, 0.4) is 0 Å². The van der Waals surface area contributed by atoms with Gasteiger partial charge in [-0.3, -0.25) is 0 Å². The Morgan fingerprint density at radius 2 is 1.06 bits per heavy atom. The molecule has 0 nitrogen and oxygen atoms in total. The molecule has 6 aromatic rings. The molecule has 7 rings (SSSR count). The Morgan fingerprint density at radius 1 is 0.444 bits per heavy atom. The number of fused-ring (bicyclic) bond motifs is 4. The second kappa shape index (κ2) is 8.33. The Morgan fingerprint density at radius 3 is 1.72 bits per heavy atom. The maximum Gasteiger partial charge on any atom is 0.0714 e. The van der Waals surface area contributed by atoms with Gasteiger partial charge in [0, 0.05) is 4.47 Å². The summed E-state index contributed by atoms with van der Waals surface area (Å²) in [6.07, 6.45) is 0. The lowest BCUT2D eigenvalue weighted by molar-refractivity contribution is 0.769. The van der Waals surface area contributed by atoms with Crippen molar-refractivity contribution in [2.45, 2.75) is 5.41 Å². The fraction of sp³-hybridized carbons (Fsp3) is 0.0286. The third-order valence-corrected chi connectivity index (χ3v) is 8.07. The summed E-state index contributed by atoms with van der Waals surface area (Å²) in [7, 11) is 0. The topological polar surface area (TPSA) is 0 Å². The predicted molar refractivity (Wildman–Crippen MR) is 154 cm³/mol. The molecule has 1 aliphatic rings. The van der Waals surface area contributed by atoms with Crippen LogP contribution in [-0.2, 0) is 5.41 Å². The van der Waals surface area contributed by atoms with Crippen LogP contribution in [0.1, 0.15) is 22.3 Å². The van der Waals surface area contributed by atoms with Crippen LogP contribution >= 0.6 is 15.9 Å². The van der Waals surface area contributed by atoms with Crippen molar-refractivity contribution in [1.29, 1.82) is 0 Å². The van der Waals surface area contributed by atoms with Crippen molar-refractivity contribution in [1.82, 2.24) is 0 Å². The maximum atomic E-state index is 3.70. The van der Waals surface area contributed by atoms with E-state index < -0.39 is 5.41 Å². The van der Waals surface area contributed by atoms with Gasteiger partial charge in [0.15, 0.2) is 0 Å². The molecule has 1 heteroatoms. The molecular weight excluding hydrogens is 500 g/mol. The Hall–Kier alpha value is -3.94. The smallest absolute Gasteiger partial charge is 0.0622 e. The van der Waals surface area contributed by atoms with E-state index in [4.69, 9.17) is 0 Å². The average Bonchev–Trinajstić information content (AvgIpc) is 3.23. The molecule has 0 saturated heterocycles. The van der Waals surface area contributed by atoms with E-state index in [0.717, 1.165) is 4.47 Å². The third-order valence-electron chi connectivity index (χ3n) is 7.58. The number of halogens is 1. The highest BCUT2D eigenvalue weighted by Gasteiger charge is 2.47. The fourth-order valence-electron chi connectivity index (χ4n) is 6.12. The molecule has 0 fully saturated rings. The Bertz CT molecular complexity index is 1690. The van der Waals surface area contributed by atoms with Crippen LogP contribution in [0.15, 0.2) is 144 Å². The number of hydrogen-bond acceptors (Lipinski definition) is 0. The quantitative estimate of drug-likeness (QED) is 0.216. The van der Waals surface area contributed by atoms with Crippen LogP contribution in [0.4, 0.5) is 0 Å². The largest absolute Gasteiger partial charge is 0.0714 e. The molecule has 0 aromatic heterocycles. The van der Waals surface area contributed by atoms with Gasteiger partial charge in [-0.15, -0.1) is 0 Å². The second-order valence-electron chi connectivity index (χ2n) is 9.47. The molecule has 0 amide bonds. The van der Waals surface area contributed by atoms with E-state index in [0.29, 0.717) is 0 Å². The normalized spacial score (nSPS) is 13.4. The summed E-state index contributed by atoms with van der Waals surface area (Å²) in [5.74, 6) is 0. The van der Waals surface area contributed by atoms with Gasteiger partial charge in [0.2, 0.25) is 0 Å². The summed E-state index contributed by atoms with van der Waals surface area (Å²) in [6.45, 7) is 0. The van der Waals surface area contributed by atoms with Gasteiger partial charge < -0.3 is 0 Å². The van der Waals surface area contributed by atoms with Gasteiger partial charge in [-0.1, -0.05) is 131 Å². The first-order valence-corrected chi connectivity index (χ1v) is 13.1. The van der Waals surface area contributed by atoms with E-state index >= 15 is 0 Å². The summed E-state index contributed by atoms with van der Waals surface area (Å²) >= 11 is 3.70. The van der Waals surface area contributed by atoms with Crippen LogP contribution in [0.2, 0.25) is 0 Å². The first-order valence-electron chi connectivity index (χ1n) is 12.3. The lowest BCUT2D eigenvalue weighted by Crippen LogP contribution is -2.28. The van der Waals surface area contributed by atoms with Crippen LogP contribution < -0.4 is 0 Å². The maximum absolute atomic E-state index is 3.70. The lowest BCUT2D eigenvalue weighted by Gasteiger charge is -2.34. The molecule has 0 saturated carbocycles. The molecule has 0 spiro atoms. The molecule has 0 N–H and O–H groups in total. The molecule has 170 valence electrons. The molecule has 0 heterocycles. The summed E-state index contributed by atoms with van der Waals surface area (Å²) in [5, 5.41) is 2.53. The fourth-order valence-corrected chi connectivity index (χ4v) is 6.52. The first-order chi connectivity index (χ1) is 17.8. The Kier molecular flexibility index (Phi) is 4.94. The van der Waals surface area contributed by atoms with Crippen molar-refractivity contribution in [3.8, 4) is 22.3 Å². The highest BCUT2D eigenvalue weighted by molar-refractivity contribution is 9.10. The van der Waals surface area contributed by atoms with Gasteiger partial charge >= 0.3 is 0 Å². The minimum atomic E-state index is -0.404. The summed E-state index contributed by atoms with van der Waals surface area (Å²) in [5.41, 5.74) is 9.97. The van der Waals surface area contributed by atoms with Crippen LogP contribution in [0.5, 0.6) is 0 Å². The number of benzene rings is 6. The van der Waals surface area contributed by atoms with E-state index in [1.165, 1.54) is 55.3 Å². The Labute approximate surface area is 220 Å². The van der Waals surface area contributed by atoms with Crippen molar-refractivity contribution in [2.24, 2.45) is 0 Å². The summed E-state index contributed by atoms with van der Waals surface area (Å²) < 4.78 is 1.09. The standard InChI is InChI=1S/C35H23Br/c36-29-18-9-13-26(21-29)30-19-10-20-32-34(30)31-22-24-11-7-8-12-25(24)23-33(31)35(32,27-14-3-1-4-15-27)28-16-5-2-6-17-28/h1-23H. The molecular formula is C35H23Br. The zero-order valence-electron chi connectivity index (χ0n) is 19.7. The minimum Gasteiger partial charge on any atom is -0.0622 e. The highest BCUT2D eigenvalue weighted by Crippen LogP contribution is 2.58. The summed E-state index contributed by atoms with van der Waals surface area (Å²) in [6, 6.07) is 51.0. The highest BCUT2D eigenvalue weighted by atomic mass is 79.9. The van der Waals surface area contributed by atoms with Crippen molar-refractivity contribution < 1.29 is 0 Å². The van der Waals surface area contributed by atoms with Gasteiger partial charge in [-0.25, -0.2) is 0 Å². The molecule has 36 heavy (non-hydrogen) atoms. The third kappa shape index (κ3) is 3.06. The molecule has 0 bridgehead atoms. The average molecular weight is 523 g/mol.